The molecular weight excluding hydrogens is 310 g/mol. The average molecular weight is 318 g/mol. The molecule has 2 N–H and O–H groups in total. The lowest BCUT2D eigenvalue weighted by Gasteiger charge is -2.06. The van der Waals surface area contributed by atoms with E-state index >= 15 is 0 Å². The van der Waals surface area contributed by atoms with Gasteiger partial charge in [-0.05, 0) is 34.1 Å². The Kier molecular flexibility index (Phi) is 4.28. The van der Waals surface area contributed by atoms with Crippen LogP contribution in [0, 0.1) is 12.3 Å². The summed E-state index contributed by atoms with van der Waals surface area (Å²) in [5, 5.41) is 8.73. The molecule has 0 saturated carbocycles. The quantitative estimate of drug-likeness (QED) is 0.813. The van der Waals surface area contributed by atoms with Gasteiger partial charge in [-0.15, -0.1) is 6.42 Å². The van der Waals surface area contributed by atoms with Gasteiger partial charge in [-0.2, -0.15) is 4.72 Å². The van der Waals surface area contributed by atoms with E-state index in [-0.39, 0.29) is 21.5 Å². The lowest BCUT2D eigenvalue weighted by atomic mass is 10.2. The molecule has 7 heteroatoms. The van der Waals surface area contributed by atoms with Gasteiger partial charge in [0.15, 0.2) is 0 Å². The topological polar surface area (TPSA) is 83.5 Å². The van der Waals surface area contributed by atoms with E-state index in [1.165, 1.54) is 18.2 Å². The fourth-order valence-electron chi connectivity index (χ4n) is 1.07. The van der Waals surface area contributed by atoms with Gasteiger partial charge in [0, 0.05) is 4.47 Å². The number of benzene rings is 1. The van der Waals surface area contributed by atoms with Crippen LogP contribution in [-0.4, -0.2) is 26.0 Å². The van der Waals surface area contributed by atoms with Crippen molar-refractivity contribution in [3.63, 3.8) is 0 Å². The summed E-state index contributed by atoms with van der Waals surface area (Å²) in [6.07, 6.45) is 4.95. The molecule has 0 fully saturated rings. The Morgan fingerprint density at radius 3 is 2.65 bits per heavy atom. The molecule has 17 heavy (non-hydrogen) atoms. The minimum absolute atomic E-state index is 0.00669. The molecule has 1 aromatic carbocycles. The monoisotopic (exact) mass is 317 g/mol. The zero-order valence-electron chi connectivity index (χ0n) is 8.47. The first-order chi connectivity index (χ1) is 7.88. The fraction of sp³-hybridized carbons (Fsp3) is 0.100. The van der Waals surface area contributed by atoms with Gasteiger partial charge in [0.1, 0.15) is 0 Å². The third-order valence-corrected chi connectivity index (χ3v) is 4.21. The molecule has 0 aliphatic carbocycles. The first kappa shape index (κ1) is 13.7. The number of sulfonamides is 1. The summed E-state index contributed by atoms with van der Waals surface area (Å²) in [7, 11) is -3.73. The van der Waals surface area contributed by atoms with Crippen molar-refractivity contribution in [2.45, 2.75) is 4.90 Å². The van der Waals surface area contributed by atoms with E-state index in [4.69, 9.17) is 11.5 Å². The number of nitrogens with one attached hydrogen (secondary N) is 1. The summed E-state index contributed by atoms with van der Waals surface area (Å²) in [6, 6.07) is 3.62. The molecule has 1 aromatic rings. The molecule has 0 unspecified atom stereocenters. The van der Waals surface area contributed by atoms with Gasteiger partial charge in [-0.1, -0.05) is 5.92 Å². The van der Waals surface area contributed by atoms with E-state index in [1.807, 2.05) is 0 Å². The van der Waals surface area contributed by atoms with E-state index in [9.17, 15) is 13.2 Å². The number of terminal acetylenes is 1. The Bertz CT molecular complexity index is 589. The molecule has 0 aliphatic rings. The summed E-state index contributed by atoms with van der Waals surface area (Å²) in [4.78, 5) is 10.6. The fourth-order valence-corrected chi connectivity index (χ4v) is 3.08. The highest BCUT2D eigenvalue weighted by molar-refractivity contribution is 9.10. The molecule has 0 atom stereocenters. The lowest BCUT2D eigenvalue weighted by Crippen LogP contribution is -2.24. The maximum Gasteiger partial charge on any atom is 0.335 e. The normalized spacial score (nSPS) is 10.8. The molecule has 5 nitrogen and oxygen atoms in total. The Morgan fingerprint density at radius 1 is 1.53 bits per heavy atom. The number of carboxylic acid groups (broad SMARTS) is 1. The Hall–Kier alpha value is -1.36. The smallest absolute Gasteiger partial charge is 0.335 e. The van der Waals surface area contributed by atoms with E-state index in [0.29, 0.717) is 0 Å². The summed E-state index contributed by atoms with van der Waals surface area (Å²) < 4.78 is 25.8. The van der Waals surface area contributed by atoms with Crippen molar-refractivity contribution < 1.29 is 18.3 Å². The average Bonchev–Trinajstić information content (AvgIpc) is 2.25. The molecule has 0 spiro atoms. The number of rotatable bonds is 4. The Balaban J connectivity index is 3.17. The van der Waals surface area contributed by atoms with Crippen LogP contribution in [0.1, 0.15) is 10.4 Å². The van der Waals surface area contributed by atoms with Crippen LogP contribution >= 0.6 is 15.9 Å². The molecule has 0 aliphatic heterocycles. The number of carbonyl (C=O) groups is 1. The maximum absolute atomic E-state index is 11.7. The maximum atomic E-state index is 11.7. The minimum atomic E-state index is -3.73. The number of hydrogen-bond acceptors (Lipinski definition) is 3. The van der Waals surface area contributed by atoms with Crippen molar-refractivity contribution in [2.75, 3.05) is 6.54 Å². The van der Waals surface area contributed by atoms with Gasteiger partial charge >= 0.3 is 5.97 Å². The summed E-state index contributed by atoms with van der Waals surface area (Å²) in [6.45, 7) is -0.130. The first-order valence-electron chi connectivity index (χ1n) is 4.34. The number of hydrogen-bond donors (Lipinski definition) is 2. The van der Waals surface area contributed by atoms with Crippen LogP contribution in [0.2, 0.25) is 0 Å². The SMILES string of the molecule is C#CCNS(=O)(=O)c1ccc(C(=O)O)cc1Br. The van der Waals surface area contributed by atoms with Crippen LogP contribution in [0.3, 0.4) is 0 Å². The largest absolute Gasteiger partial charge is 0.478 e. The Morgan fingerprint density at radius 2 is 2.18 bits per heavy atom. The van der Waals surface area contributed by atoms with Crippen LogP contribution in [0.4, 0.5) is 0 Å². The first-order valence-corrected chi connectivity index (χ1v) is 6.62. The highest BCUT2D eigenvalue weighted by atomic mass is 79.9. The van der Waals surface area contributed by atoms with E-state index < -0.39 is 16.0 Å². The Labute approximate surface area is 107 Å². The van der Waals surface area contributed by atoms with Gasteiger partial charge in [-0.3, -0.25) is 0 Å². The van der Waals surface area contributed by atoms with Crippen molar-refractivity contribution in [3.05, 3.63) is 28.2 Å². The van der Waals surface area contributed by atoms with Crippen molar-refractivity contribution >= 4 is 31.9 Å². The molecule has 0 radical (unpaired) electrons. The van der Waals surface area contributed by atoms with Crippen molar-refractivity contribution in [3.8, 4) is 12.3 Å². The molecular formula is C10H8BrNO4S. The molecule has 0 saturated heterocycles. The second kappa shape index (κ2) is 5.31. The second-order valence-corrected chi connectivity index (χ2v) is 5.57. The van der Waals surface area contributed by atoms with Crippen molar-refractivity contribution in [2.24, 2.45) is 0 Å². The van der Waals surface area contributed by atoms with Crippen LogP contribution < -0.4 is 4.72 Å². The van der Waals surface area contributed by atoms with E-state index in [1.54, 1.807) is 0 Å². The predicted octanol–water partition coefficient (Wildman–Crippen LogP) is 1.06. The number of carboxylic acids is 1. The van der Waals surface area contributed by atoms with Gasteiger partial charge in [-0.25, -0.2) is 13.2 Å². The van der Waals surface area contributed by atoms with Crippen LogP contribution in [0.15, 0.2) is 27.6 Å². The third-order valence-electron chi connectivity index (χ3n) is 1.83. The van der Waals surface area contributed by atoms with Gasteiger partial charge in [0.05, 0.1) is 17.0 Å². The lowest BCUT2D eigenvalue weighted by molar-refractivity contribution is 0.0696. The highest BCUT2D eigenvalue weighted by Gasteiger charge is 2.18. The predicted molar refractivity (Wildman–Crippen MR) is 65.1 cm³/mol. The van der Waals surface area contributed by atoms with Crippen LogP contribution in [-0.2, 0) is 10.0 Å². The molecule has 0 aromatic heterocycles. The summed E-state index contributed by atoms with van der Waals surface area (Å²) >= 11 is 3.01. The standard InChI is InChI=1S/C10H8BrNO4S/c1-2-5-12-17(15,16)9-4-3-7(10(13)14)6-8(9)11/h1,3-4,6,12H,5H2,(H,13,14). The third kappa shape index (κ3) is 3.30. The summed E-state index contributed by atoms with van der Waals surface area (Å²) in [5.74, 6) is 1.01. The van der Waals surface area contributed by atoms with Crippen LogP contribution in [0.25, 0.3) is 0 Å². The molecule has 0 amide bonds. The molecule has 0 heterocycles. The zero-order valence-corrected chi connectivity index (χ0v) is 10.9. The van der Waals surface area contributed by atoms with Gasteiger partial charge in [0.25, 0.3) is 0 Å². The molecule has 0 bridgehead atoms. The van der Waals surface area contributed by atoms with Gasteiger partial charge in [0.2, 0.25) is 10.0 Å². The zero-order chi connectivity index (χ0) is 13.1. The highest BCUT2D eigenvalue weighted by Crippen LogP contribution is 2.23. The second-order valence-electron chi connectivity index (χ2n) is 2.98. The van der Waals surface area contributed by atoms with Gasteiger partial charge < -0.3 is 5.11 Å². The molecule has 90 valence electrons. The van der Waals surface area contributed by atoms with E-state index in [0.717, 1.165) is 0 Å². The van der Waals surface area contributed by atoms with Crippen molar-refractivity contribution in [1.82, 2.24) is 4.72 Å². The summed E-state index contributed by atoms with van der Waals surface area (Å²) in [5.41, 5.74) is -0.00669. The minimum Gasteiger partial charge on any atom is -0.478 e. The number of halogens is 1. The van der Waals surface area contributed by atoms with Crippen LogP contribution in [0.5, 0.6) is 0 Å². The van der Waals surface area contributed by atoms with Crippen molar-refractivity contribution in [1.29, 1.82) is 0 Å². The number of aromatic carboxylic acids is 1. The molecule has 1 rings (SSSR count). The van der Waals surface area contributed by atoms with E-state index in [2.05, 4.69) is 26.6 Å².